The van der Waals surface area contributed by atoms with Gasteiger partial charge >= 0.3 is 13.3 Å². The second-order valence-electron chi connectivity index (χ2n) is 9.25. The number of hydrogen-bond donors (Lipinski definition) is 2. The minimum atomic E-state index is -4.34. The first-order valence-corrected chi connectivity index (χ1v) is 14.0. The lowest BCUT2D eigenvalue weighted by Crippen LogP contribution is -2.26. The van der Waals surface area contributed by atoms with E-state index in [2.05, 4.69) is 20.1 Å². The Hall–Kier alpha value is -4.38. The highest BCUT2D eigenvalue weighted by Crippen LogP contribution is 2.33. The molecule has 3 aromatic carbocycles. The molecule has 0 radical (unpaired) electrons. The lowest BCUT2D eigenvalue weighted by molar-refractivity contribution is 0.387. The average molecular weight is 545 g/mol. The fourth-order valence-corrected chi connectivity index (χ4v) is 5.40. The van der Waals surface area contributed by atoms with Gasteiger partial charge in [0.15, 0.2) is 0 Å². The molecule has 6 rings (SSSR count). The molecule has 2 N–H and O–H groups in total. The van der Waals surface area contributed by atoms with Crippen LogP contribution in [0.15, 0.2) is 83.9 Å². The summed E-state index contributed by atoms with van der Waals surface area (Å²) in [5.41, 5.74) is 3.96. The Morgan fingerprint density at radius 3 is 2.10 bits per heavy atom. The number of fused-ring (bicyclic) bond motifs is 2. The Morgan fingerprint density at radius 1 is 0.769 bits per heavy atom. The highest BCUT2D eigenvalue weighted by atomic mass is 31.2. The van der Waals surface area contributed by atoms with Crippen LogP contribution in [0.3, 0.4) is 0 Å². The molecule has 13 heteroatoms. The Balaban J connectivity index is 1.35. The largest absolute Gasteiger partial charge is 0.356 e. The van der Waals surface area contributed by atoms with Crippen molar-refractivity contribution in [1.82, 2.24) is 38.9 Å². The Morgan fingerprint density at radius 2 is 1.44 bits per heavy atom. The van der Waals surface area contributed by atoms with Crippen LogP contribution in [0.1, 0.15) is 17.8 Å². The van der Waals surface area contributed by atoms with Gasteiger partial charge in [-0.05, 0) is 58.8 Å². The Labute approximate surface area is 221 Å². The summed E-state index contributed by atoms with van der Waals surface area (Å²) in [6.45, 7) is 1.87. The third kappa shape index (κ3) is 4.92. The van der Waals surface area contributed by atoms with E-state index in [4.69, 9.17) is 4.98 Å². The van der Waals surface area contributed by atoms with E-state index in [-0.39, 0.29) is 24.1 Å². The molecule has 0 aliphatic rings. The van der Waals surface area contributed by atoms with Crippen molar-refractivity contribution in [2.45, 2.75) is 32.6 Å². The number of tetrazole rings is 1. The second-order valence-corrected chi connectivity index (χ2v) is 10.9. The first kappa shape index (κ1) is 24.9. The van der Waals surface area contributed by atoms with E-state index < -0.39 is 7.60 Å². The van der Waals surface area contributed by atoms with E-state index in [1.165, 1.54) is 12.1 Å². The molecule has 0 amide bonds. The molecule has 0 aliphatic carbocycles. The molecule has 0 aliphatic heterocycles. The number of hydrogen-bond acceptors (Lipinski definition) is 6. The quantitative estimate of drug-likeness (QED) is 0.263. The van der Waals surface area contributed by atoms with E-state index in [0.717, 1.165) is 39.9 Å². The fraction of sp³-hybridized carbons (Fsp3) is 0.192. The number of nitrogens with zero attached hydrogens (tertiary/aromatic N) is 8. The summed E-state index contributed by atoms with van der Waals surface area (Å²) in [7, 11) is -4.34. The van der Waals surface area contributed by atoms with Crippen LogP contribution in [-0.4, -0.2) is 48.7 Å². The molecule has 3 aromatic heterocycles. The zero-order chi connectivity index (χ0) is 27.0. The highest BCUT2D eigenvalue weighted by Gasteiger charge is 2.19. The van der Waals surface area contributed by atoms with Gasteiger partial charge in [-0.2, -0.15) is 0 Å². The molecule has 39 heavy (non-hydrogen) atoms. The SMILES string of the molecule is O=c1n(Cc2ccc(P(=O)(O)O)cc2)c2ccccc2n1Cc1nc2ccccc2n1CCCn1cnnn1. The number of benzene rings is 3. The second kappa shape index (κ2) is 10.1. The van der Waals surface area contributed by atoms with E-state index in [0.29, 0.717) is 13.1 Å². The van der Waals surface area contributed by atoms with Crippen molar-refractivity contribution in [3.63, 3.8) is 0 Å². The summed E-state index contributed by atoms with van der Waals surface area (Å²) in [6, 6.07) is 21.6. The van der Waals surface area contributed by atoms with Crippen molar-refractivity contribution in [2.24, 2.45) is 0 Å². The van der Waals surface area contributed by atoms with Crippen LogP contribution in [0.5, 0.6) is 0 Å². The molecule has 0 spiro atoms. The van der Waals surface area contributed by atoms with Gasteiger partial charge in [0.05, 0.1) is 40.5 Å². The van der Waals surface area contributed by atoms with Crippen LogP contribution < -0.4 is 11.0 Å². The van der Waals surface area contributed by atoms with Crippen molar-refractivity contribution in [2.75, 3.05) is 0 Å². The average Bonchev–Trinajstić information content (AvgIpc) is 3.63. The van der Waals surface area contributed by atoms with Gasteiger partial charge in [-0.25, -0.2) is 14.5 Å². The van der Waals surface area contributed by atoms with Crippen molar-refractivity contribution in [3.05, 3.63) is 101 Å². The third-order valence-corrected chi connectivity index (χ3v) is 7.70. The monoisotopic (exact) mass is 544 g/mol. The third-order valence-electron chi connectivity index (χ3n) is 6.73. The highest BCUT2D eigenvalue weighted by molar-refractivity contribution is 7.60. The standard InChI is InChI=1S/C26H25N8O4P/c35-26-33(16-19-10-12-20(13-11-19)39(36,37)38)23-8-3-4-9-24(23)34(26)17-25-28-21-6-1-2-7-22(21)32(25)15-5-14-31-18-27-29-30-31/h1-4,6-13,18H,5,14-17H2,(H2,36,37,38). The maximum absolute atomic E-state index is 13.8. The van der Waals surface area contributed by atoms with E-state index in [9.17, 15) is 19.1 Å². The lowest BCUT2D eigenvalue weighted by Gasteiger charge is -2.10. The number of rotatable bonds is 9. The molecule has 6 aromatic rings. The van der Waals surface area contributed by atoms with Crippen molar-refractivity contribution in [1.29, 1.82) is 0 Å². The molecule has 0 atom stereocenters. The number of para-hydroxylation sites is 4. The smallest absolute Gasteiger partial charge is 0.326 e. The minimum Gasteiger partial charge on any atom is -0.326 e. The molecular weight excluding hydrogens is 519 g/mol. The van der Waals surface area contributed by atoms with Crippen molar-refractivity contribution >= 4 is 35.0 Å². The number of aromatic nitrogens is 8. The van der Waals surface area contributed by atoms with Gasteiger partial charge in [0.2, 0.25) is 0 Å². The maximum atomic E-state index is 13.8. The molecule has 3 heterocycles. The van der Waals surface area contributed by atoms with Gasteiger partial charge in [-0.1, -0.05) is 36.4 Å². The van der Waals surface area contributed by atoms with Crippen LogP contribution in [0.25, 0.3) is 22.1 Å². The minimum absolute atomic E-state index is 0.0555. The molecule has 0 bridgehead atoms. The summed E-state index contributed by atoms with van der Waals surface area (Å²) in [6.07, 6.45) is 2.36. The van der Waals surface area contributed by atoms with Crippen molar-refractivity contribution in [3.8, 4) is 0 Å². The Kier molecular flexibility index (Phi) is 6.43. The summed E-state index contributed by atoms with van der Waals surface area (Å²) >= 11 is 0. The molecule has 12 nitrogen and oxygen atoms in total. The van der Waals surface area contributed by atoms with E-state index in [1.807, 2.05) is 48.5 Å². The van der Waals surface area contributed by atoms with Gasteiger partial charge in [-0.3, -0.25) is 13.7 Å². The summed E-state index contributed by atoms with van der Waals surface area (Å²) < 4.78 is 18.8. The predicted molar refractivity (Wildman–Crippen MR) is 145 cm³/mol. The van der Waals surface area contributed by atoms with Gasteiger partial charge in [0.25, 0.3) is 0 Å². The molecule has 198 valence electrons. The fourth-order valence-electron chi connectivity index (χ4n) is 4.87. The zero-order valence-electron chi connectivity index (χ0n) is 20.8. The molecule has 0 fully saturated rings. The van der Waals surface area contributed by atoms with Crippen LogP contribution in [0.2, 0.25) is 0 Å². The lowest BCUT2D eigenvalue weighted by atomic mass is 10.2. The van der Waals surface area contributed by atoms with Gasteiger partial charge in [0, 0.05) is 13.1 Å². The van der Waals surface area contributed by atoms with Crippen LogP contribution in [0.4, 0.5) is 0 Å². The van der Waals surface area contributed by atoms with Gasteiger partial charge in [0.1, 0.15) is 12.2 Å². The van der Waals surface area contributed by atoms with Crippen LogP contribution >= 0.6 is 7.60 Å². The number of aryl methyl sites for hydroxylation is 2. The number of imidazole rings is 2. The summed E-state index contributed by atoms with van der Waals surface area (Å²) in [5, 5.41) is 11.2. The van der Waals surface area contributed by atoms with E-state index >= 15 is 0 Å². The normalized spacial score (nSPS) is 12.1. The molecule has 0 saturated heterocycles. The van der Waals surface area contributed by atoms with E-state index in [1.54, 1.807) is 32.3 Å². The summed E-state index contributed by atoms with van der Waals surface area (Å²) in [4.78, 5) is 37.4. The molecule has 0 saturated carbocycles. The zero-order valence-corrected chi connectivity index (χ0v) is 21.7. The van der Waals surface area contributed by atoms with Gasteiger partial charge in [-0.15, -0.1) is 5.10 Å². The first-order chi connectivity index (χ1) is 18.9. The maximum Gasteiger partial charge on any atom is 0.356 e. The molecular formula is C26H25N8O4P. The Bertz CT molecular complexity index is 1870. The van der Waals surface area contributed by atoms with Gasteiger partial charge < -0.3 is 14.4 Å². The summed E-state index contributed by atoms with van der Waals surface area (Å²) in [5.74, 6) is 0.768. The predicted octanol–water partition coefficient (Wildman–Crippen LogP) is 2.13. The molecule has 0 unspecified atom stereocenters. The van der Waals surface area contributed by atoms with Crippen LogP contribution in [-0.2, 0) is 30.7 Å². The van der Waals surface area contributed by atoms with Crippen molar-refractivity contribution < 1.29 is 14.4 Å². The first-order valence-electron chi connectivity index (χ1n) is 12.4. The topological polar surface area (TPSA) is 146 Å². The van der Waals surface area contributed by atoms with Crippen LogP contribution in [0, 0.1) is 0 Å².